The molecule has 10 rings (SSSR count). The monoisotopic (exact) mass is 1900 g/mol. The van der Waals surface area contributed by atoms with Gasteiger partial charge in [-0.3, -0.25) is 48.1 Å². The molecule has 139 heavy (non-hydrogen) atoms. The summed E-state index contributed by atoms with van der Waals surface area (Å²) in [5, 5.41) is 91.0. The van der Waals surface area contributed by atoms with E-state index in [0.717, 1.165) is 157 Å². The average molecular weight is 1900 g/mol. The highest BCUT2D eigenvalue weighted by molar-refractivity contribution is 6.11. The molecule has 1 aliphatic heterocycles. The van der Waals surface area contributed by atoms with Crippen molar-refractivity contribution in [1.82, 2.24) is 25.4 Å². The van der Waals surface area contributed by atoms with Gasteiger partial charge < -0.3 is 92.6 Å². The summed E-state index contributed by atoms with van der Waals surface area (Å²) in [6.07, 6.45) is 19.8. The number of aromatic nitrogens is 1. The zero-order valence-corrected chi connectivity index (χ0v) is 76.2. The van der Waals surface area contributed by atoms with Crippen LogP contribution >= 0.6 is 0 Å². The van der Waals surface area contributed by atoms with Crippen LogP contribution in [0.5, 0.6) is 0 Å². The molecule has 2 heterocycles. The molecule has 0 bridgehead atoms. The van der Waals surface area contributed by atoms with Crippen molar-refractivity contribution in [2.75, 3.05) is 52.8 Å². The summed E-state index contributed by atoms with van der Waals surface area (Å²) >= 11 is 0. The molecule has 0 saturated carbocycles. The lowest BCUT2D eigenvalue weighted by atomic mass is 10.1. The molecule has 0 aliphatic carbocycles. The zero-order chi connectivity index (χ0) is 103. The number of carboxylic acid groups (broad SMARTS) is 9. The molecule has 0 radical (unpaired) electrons. The third-order valence-corrected chi connectivity index (χ3v) is 16.9. The number of carboxylic acids is 9. The Kier molecular flexibility index (Phi) is 56.5. The van der Waals surface area contributed by atoms with E-state index >= 15 is 0 Å². The molecule has 37 nitrogen and oxygen atoms in total. The summed E-state index contributed by atoms with van der Waals surface area (Å²) in [7, 11) is 1.55. The Hall–Kier alpha value is -18.7. The Labute approximate surface area is 799 Å². The zero-order valence-electron chi connectivity index (χ0n) is 76.2. The number of rotatable bonds is 31. The smallest absolute Gasteiger partial charge is 0.336 e. The third kappa shape index (κ3) is 58.6. The Morgan fingerprint density at radius 3 is 1.10 bits per heavy atom. The molecule has 726 valence electrons. The summed E-state index contributed by atoms with van der Waals surface area (Å²) in [4.78, 5) is 203. The van der Waals surface area contributed by atoms with Gasteiger partial charge in [0.2, 0.25) is 41.4 Å². The van der Waals surface area contributed by atoms with Gasteiger partial charge in [0.1, 0.15) is 0 Å². The van der Waals surface area contributed by atoms with Crippen molar-refractivity contribution in [3.05, 3.63) is 385 Å². The van der Waals surface area contributed by atoms with Crippen LogP contribution < -0.4 is 36.8 Å². The maximum Gasteiger partial charge on any atom is 0.336 e. The number of hydrogen-bond acceptors (Lipinski definition) is 19. The molecule has 0 spiro atoms. The number of likely N-dealkylation sites (tertiary alicyclic amines) is 1. The minimum Gasteiger partial charge on any atom is -0.478 e. The second-order valence-corrected chi connectivity index (χ2v) is 28.8. The molecule has 8 aromatic carbocycles. The van der Waals surface area contributed by atoms with Crippen LogP contribution in [0, 0.1) is 26.7 Å². The fourth-order valence-electron chi connectivity index (χ4n) is 10.3. The topological polar surface area (TPSA) is 584 Å². The van der Waals surface area contributed by atoms with Crippen molar-refractivity contribution in [3.8, 4) is 0 Å². The number of carbonyl (C=O) groups excluding carboxylic acids is 9. The van der Waals surface area contributed by atoms with E-state index in [1.807, 2.05) is 168 Å². The summed E-state index contributed by atoms with van der Waals surface area (Å²) in [5.74, 6) is -13.3. The van der Waals surface area contributed by atoms with Gasteiger partial charge in [-0.05, 0) is 135 Å². The van der Waals surface area contributed by atoms with E-state index in [9.17, 15) is 86.3 Å². The van der Waals surface area contributed by atoms with Gasteiger partial charge in [-0.25, -0.2) is 43.2 Å². The highest BCUT2D eigenvalue weighted by Gasteiger charge is 2.18. The van der Waals surface area contributed by atoms with Gasteiger partial charge in [0.05, 0.1) is 23.0 Å². The largest absolute Gasteiger partial charge is 0.478 e. The molecule has 9 aromatic rings. The standard InChI is InChI=1S/C18H17NO3.C15H13NO3.3C11H11NO3.C10H10N2O3.C10H9NO3.C8H11NO3.C8H13NO3/c20-17(11-12-18(21)22)19(13-15-7-3-1-4-8-15)14-16-9-5-2-6-10-16;1-10-6-8-11(9-7-10)16-14(17)12-4-2-3-5-13(12)15(18)19;1-8-2-4-9(5-3-8)12-10(13)6-7-11(14)15;1-8-3-2-4-9(7-8)12-10(13)5-6-11(14)15;13-10(6-7-11(14)15)12-8-9-4-2-1-3-5-9;1-12(8-3-2-6-11-7-8)9(13)4-5-10(14)15;12-9(6-7-10(13)14)11-8-4-2-1-3-5-8;10-7(3-4-8(11)12)9-5-1-2-6-9;1-6(2)5-9-7(10)3-4-8(11)12/h1-12H,13-14H2,(H,21,22);2-9H,1H3,(H,16,17)(H,18,19);2*2-7H,1H3,(H,12,13)(H,14,15);1-7H,8H2,(H,12,13)(H,14,15);2-7H,1H3,(H,14,15);1-7H,(H,11,12)(H,13,14);3-4H,1-2,5-6H2,(H,11,12);3-4,6H,5H2,1-2H3,(H,9,10)(H,11,12)/b12-11-;;7-6-;6-5-;7-6-;5-4-;7-6-;2*4-3-. The van der Waals surface area contributed by atoms with Crippen LogP contribution in [0.1, 0.15) is 80.8 Å². The predicted octanol–water partition coefficient (Wildman–Crippen LogP) is 12.5. The third-order valence-electron chi connectivity index (χ3n) is 16.9. The fraction of sp³-hybridized carbons (Fsp3) is 0.147. The molecule has 0 atom stereocenters. The first-order valence-electron chi connectivity index (χ1n) is 41.6. The number of aryl methyl sites for hydroxylation is 3. The number of nitrogens with one attached hydrogen (secondary N) is 6. The number of para-hydroxylation sites is 1. The molecule has 1 fully saturated rings. The molecule has 15 N–H and O–H groups in total. The van der Waals surface area contributed by atoms with Crippen molar-refractivity contribution in [2.24, 2.45) is 5.92 Å². The molecule has 9 amide bonds. The first kappa shape index (κ1) is 116. The molecule has 1 aliphatic rings. The highest BCUT2D eigenvalue weighted by Crippen LogP contribution is 2.18. The first-order chi connectivity index (χ1) is 66.1. The first-order valence-corrected chi connectivity index (χ1v) is 41.6. The van der Waals surface area contributed by atoms with E-state index in [2.05, 4.69) is 36.9 Å². The lowest BCUT2D eigenvalue weighted by Gasteiger charge is -2.21. The Morgan fingerprint density at radius 2 is 0.698 bits per heavy atom. The number of hydrogen-bond donors (Lipinski definition) is 15. The van der Waals surface area contributed by atoms with E-state index in [0.29, 0.717) is 60.5 Å². The van der Waals surface area contributed by atoms with E-state index in [1.165, 1.54) is 23.2 Å². The van der Waals surface area contributed by atoms with Crippen LogP contribution in [0.25, 0.3) is 0 Å². The molecule has 1 saturated heterocycles. The molecule has 0 unspecified atom stereocenters. The van der Waals surface area contributed by atoms with Crippen molar-refractivity contribution in [1.29, 1.82) is 0 Å². The van der Waals surface area contributed by atoms with Crippen LogP contribution in [0.15, 0.2) is 340 Å². The molecular weight excluding hydrogens is 1800 g/mol. The van der Waals surface area contributed by atoms with E-state index in [4.69, 9.17) is 46.0 Å². The van der Waals surface area contributed by atoms with Crippen LogP contribution in [0.4, 0.5) is 28.4 Å². The summed E-state index contributed by atoms with van der Waals surface area (Å²) in [6, 6.07) is 68.7. The Morgan fingerprint density at radius 1 is 0.345 bits per heavy atom. The number of nitrogens with zero attached hydrogens (tertiary/aromatic N) is 4. The predicted molar refractivity (Wildman–Crippen MR) is 518 cm³/mol. The van der Waals surface area contributed by atoms with Gasteiger partial charge in [0.25, 0.3) is 11.8 Å². The van der Waals surface area contributed by atoms with E-state index in [1.54, 1.807) is 108 Å². The van der Waals surface area contributed by atoms with Gasteiger partial charge in [-0.15, -0.1) is 0 Å². The highest BCUT2D eigenvalue weighted by atomic mass is 16.4. The lowest BCUT2D eigenvalue weighted by Crippen LogP contribution is -2.28. The molecular formula is C102H106N10O27. The number of aliphatic carboxylic acids is 8. The summed E-state index contributed by atoms with van der Waals surface area (Å²) in [6.45, 7) is 13.0. The minimum absolute atomic E-state index is 0.00730. The second-order valence-electron chi connectivity index (χ2n) is 28.8. The van der Waals surface area contributed by atoms with E-state index in [-0.39, 0.29) is 28.8 Å². The second kappa shape index (κ2) is 67.5. The van der Waals surface area contributed by atoms with Gasteiger partial charge in [-0.1, -0.05) is 183 Å². The van der Waals surface area contributed by atoms with Crippen LogP contribution in [-0.2, 0) is 96.3 Å². The summed E-state index contributed by atoms with van der Waals surface area (Å²) in [5.41, 5.74) is 9.47. The molecule has 1 aromatic heterocycles. The fourth-order valence-corrected chi connectivity index (χ4v) is 10.3. The number of carbonyl (C=O) groups is 18. The number of aromatic carboxylic acids is 1. The summed E-state index contributed by atoms with van der Waals surface area (Å²) < 4.78 is 0. The average Bonchev–Trinajstić information content (AvgIpc) is 1.15. The van der Waals surface area contributed by atoms with Crippen molar-refractivity contribution >= 4 is 135 Å². The van der Waals surface area contributed by atoms with Gasteiger partial charge >= 0.3 is 53.7 Å². The van der Waals surface area contributed by atoms with Crippen molar-refractivity contribution in [3.63, 3.8) is 0 Å². The Balaban J connectivity index is 0.000000532. The van der Waals surface area contributed by atoms with Crippen LogP contribution in [-0.4, -0.2) is 194 Å². The van der Waals surface area contributed by atoms with Crippen LogP contribution in [0.3, 0.4) is 0 Å². The number of pyridine rings is 1. The van der Waals surface area contributed by atoms with Crippen molar-refractivity contribution < 1.29 is 132 Å². The number of anilines is 5. The number of amides is 9. The van der Waals surface area contributed by atoms with Crippen molar-refractivity contribution in [2.45, 2.75) is 67.1 Å². The molecule has 37 heteroatoms. The maximum absolute atomic E-state index is 12.2. The lowest BCUT2D eigenvalue weighted by molar-refractivity contribution is -0.133. The number of benzene rings is 8. The van der Waals surface area contributed by atoms with E-state index < -0.39 is 89.2 Å². The minimum atomic E-state index is -1.15. The normalized spacial score (nSPS) is 10.8. The van der Waals surface area contributed by atoms with Crippen LogP contribution in [0.2, 0.25) is 0 Å². The number of likely N-dealkylation sites (N-methyl/N-ethyl adjacent to an activating group) is 1. The maximum atomic E-state index is 12.2. The van der Waals surface area contributed by atoms with Gasteiger partial charge in [-0.2, -0.15) is 0 Å². The quantitative estimate of drug-likeness (QED) is 0.0179. The Bertz CT molecular complexity index is 5760. The van der Waals surface area contributed by atoms with Gasteiger partial charge in [0, 0.05) is 172 Å². The van der Waals surface area contributed by atoms with Gasteiger partial charge in [0.15, 0.2) is 0 Å². The SMILES string of the molecule is CC(C)CNC(=O)/C=C\C(=O)O.CN(C(=O)/C=C\C(=O)O)c1cccnc1.Cc1ccc(NC(=O)/C=C\C(=O)O)cc1.Cc1ccc(NC(=O)c2ccccc2C(=O)O)cc1.Cc1cccc(NC(=O)/C=C\C(=O)O)c1.O=C(O)/C=C\C(=O)N(Cc1ccccc1)Cc1ccccc1.O=C(O)/C=C\C(=O)N1CCCC1.O=C(O)/C=C\C(=O)NCc1ccccc1.O=C(O)/C=C\C(=O)Nc1ccccc1.